The van der Waals surface area contributed by atoms with Gasteiger partial charge >= 0.3 is 12.1 Å². The molecule has 0 aliphatic carbocycles. The van der Waals surface area contributed by atoms with Crippen molar-refractivity contribution in [3.63, 3.8) is 0 Å². The van der Waals surface area contributed by atoms with Crippen molar-refractivity contribution in [1.82, 2.24) is 5.32 Å². The van der Waals surface area contributed by atoms with E-state index in [9.17, 15) is 14.7 Å². The maximum Gasteiger partial charge on any atom is 0.407 e. The van der Waals surface area contributed by atoms with Crippen molar-refractivity contribution in [3.8, 4) is 11.1 Å². The molecular formula is C26H34ClNO5. The number of hydrogen-bond acceptors (Lipinski definition) is 5. The van der Waals surface area contributed by atoms with Crippen LogP contribution in [0.2, 0.25) is 5.02 Å². The van der Waals surface area contributed by atoms with Gasteiger partial charge in [0.1, 0.15) is 5.60 Å². The summed E-state index contributed by atoms with van der Waals surface area (Å²) in [6.07, 6.45) is 0.541. The second kappa shape index (κ2) is 12.6. The molecule has 2 aromatic rings. The van der Waals surface area contributed by atoms with Crippen molar-refractivity contribution >= 4 is 23.7 Å². The maximum absolute atomic E-state index is 12.5. The highest BCUT2D eigenvalue weighted by atomic mass is 35.5. The van der Waals surface area contributed by atoms with Crippen molar-refractivity contribution < 1.29 is 24.2 Å². The molecule has 0 saturated carbocycles. The van der Waals surface area contributed by atoms with E-state index in [1.54, 1.807) is 27.7 Å². The number of nitrogens with one attached hydrogen (secondary N) is 1. The van der Waals surface area contributed by atoms with Gasteiger partial charge in [0.25, 0.3) is 0 Å². The summed E-state index contributed by atoms with van der Waals surface area (Å²) in [4.78, 5) is 24.8. The van der Waals surface area contributed by atoms with E-state index in [0.29, 0.717) is 17.9 Å². The van der Waals surface area contributed by atoms with Crippen LogP contribution in [0.5, 0.6) is 0 Å². The summed E-state index contributed by atoms with van der Waals surface area (Å²) in [7, 11) is 0. The van der Waals surface area contributed by atoms with Crippen LogP contribution in [0.1, 0.15) is 46.1 Å². The normalized spacial score (nSPS) is 13.2. The monoisotopic (exact) mass is 475 g/mol. The molecule has 2 N–H and O–H groups in total. The Morgan fingerprint density at radius 3 is 2.36 bits per heavy atom. The lowest BCUT2D eigenvalue weighted by Gasteiger charge is -2.26. The van der Waals surface area contributed by atoms with Crippen LogP contribution < -0.4 is 5.32 Å². The van der Waals surface area contributed by atoms with Crippen molar-refractivity contribution in [2.45, 2.75) is 58.6 Å². The second-order valence-electron chi connectivity index (χ2n) is 8.95. The second-order valence-corrected chi connectivity index (χ2v) is 9.39. The Morgan fingerprint density at radius 1 is 1.09 bits per heavy atom. The molecule has 0 fully saturated rings. The van der Waals surface area contributed by atoms with Crippen molar-refractivity contribution in [3.05, 3.63) is 59.1 Å². The molecule has 2 atom stereocenters. The molecule has 0 unspecified atom stereocenters. The summed E-state index contributed by atoms with van der Waals surface area (Å²) in [6, 6.07) is 15.2. The first kappa shape index (κ1) is 26.7. The number of ether oxygens (including phenoxy) is 2. The largest absolute Gasteiger partial charge is 0.466 e. The van der Waals surface area contributed by atoms with Crippen LogP contribution in [-0.2, 0) is 20.7 Å². The molecule has 6 nitrogen and oxygen atoms in total. The molecule has 0 heterocycles. The van der Waals surface area contributed by atoms with E-state index in [2.05, 4.69) is 5.32 Å². The van der Waals surface area contributed by atoms with E-state index in [-0.39, 0.29) is 31.6 Å². The van der Waals surface area contributed by atoms with Crippen LogP contribution in [-0.4, -0.2) is 42.0 Å². The topological polar surface area (TPSA) is 84.9 Å². The summed E-state index contributed by atoms with van der Waals surface area (Å²) in [5.41, 5.74) is 2.40. The molecule has 0 aliphatic heterocycles. The summed E-state index contributed by atoms with van der Waals surface area (Å²) in [5.74, 6) is -0.903. The Morgan fingerprint density at radius 2 is 1.79 bits per heavy atom. The molecule has 7 heteroatoms. The number of carbonyl (C=O) groups excluding carboxylic acids is 2. The van der Waals surface area contributed by atoms with E-state index in [1.807, 2.05) is 48.5 Å². The number of halogens is 1. The van der Waals surface area contributed by atoms with Crippen LogP contribution in [0.25, 0.3) is 11.1 Å². The van der Waals surface area contributed by atoms with Gasteiger partial charge in [-0.2, -0.15) is 0 Å². The van der Waals surface area contributed by atoms with E-state index >= 15 is 0 Å². The Balaban J connectivity index is 2.19. The highest BCUT2D eigenvalue weighted by Crippen LogP contribution is 2.24. The SMILES string of the molecule is CCOC(=O)[C@H](CCO)C[C@@H](Cc1ccc(-c2cccc(Cl)c2)cc1)NC(=O)OC(C)(C)C. The fourth-order valence-corrected chi connectivity index (χ4v) is 3.73. The third kappa shape index (κ3) is 9.44. The van der Waals surface area contributed by atoms with Gasteiger partial charge in [-0.15, -0.1) is 0 Å². The average Bonchev–Trinajstić information content (AvgIpc) is 2.72. The van der Waals surface area contributed by atoms with Gasteiger partial charge in [-0.1, -0.05) is 48.0 Å². The fourth-order valence-electron chi connectivity index (χ4n) is 3.54. The van der Waals surface area contributed by atoms with Crippen LogP contribution in [0.15, 0.2) is 48.5 Å². The lowest BCUT2D eigenvalue weighted by molar-refractivity contribution is -0.149. The molecule has 0 aliphatic rings. The number of esters is 1. The smallest absolute Gasteiger partial charge is 0.407 e. The quantitative estimate of drug-likeness (QED) is 0.450. The zero-order valence-electron chi connectivity index (χ0n) is 19.8. The highest BCUT2D eigenvalue weighted by molar-refractivity contribution is 6.30. The van der Waals surface area contributed by atoms with Gasteiger partial charge in [0.05, 0.1) is 12.5 Å². The van der Waals surface area contributed by atoms with Crippen LogP contribution >= 0.6 is 11.6 Å². The predicted molar refractivity (Wildman–Crippen MR) is 130 cm³/mol. The third-order valence-electron chi connectivity index (χ3n) is 4.98. The molecule has 0 aromatic heterocycles. The average molecular weight is 476 g/mol. The molecule has 0 spiro atoms. The minimum Gasteiger partial charge on any atom is -0.466 e. The van der Waals surface area contributed by atoms with Crippen LogP contribution in [0.4, 0.5) is 4.79 Å². The first-order valence-corrected chi connectivity index (χ1v) is 11.6. The Kier molecular flexibility index (Phi) is 10.2. The molecule has 1 amide bonds. The van der Waals surface area contributed by atoms with Crippen molar-refractivity contribution in [2.75, 3.05) is 13.2 Å². The molecule has 2 rings (SSSR count). The van der Waals surface area contributed by atoms with E-state index in [4.69, 9.17) is 21.1 Å². The number of carbonyl (C=O) groups is 2. The van der Waals surface area contributed by atoms with Gasteiger partial charge in [-0.05, 0) is 75.8 Å². The minimum absolute atomic E-state index is 0.142. The third-order valence-corrected chi connectivity index (χ3v) is 5.22. The number of rotatable bonds is 10. The summed E-state index contributed by atoms with van der Waals surface area (Å²) in [5, 5.41) is 13.0. The van der Waals surface area contributed by atoms with Crippen molar-refractivity contribution in [1.29, 1.82) is 0 Å². The van der Waals surface area contributed by atoms with E-state index < -0.39 is 17.6 Å². The number of hydrogen-bond donors (Lipinski definition) is 2. The Hall–Kier alpha value is -2.57. The molecular weight excluding hydrogens is 442 g/mol. The van der Waals surface area contributed by atoms with Crippen molar-refractivity contribution in [2.24, 2.45) is 5.92 Å². The molecule has 0 radical (unpaired) electrons. The predicted octanol–water partition coefficient (Wildman–Crippen LogP) is 5.39. The van der Waals surface area contributed by atoms with Crippen LogP contribution in [0, 0.1) is 5.92 Å². The molecule has 33 heavy (non-hydrogen) atoms. The van der Waals surface area contributed by atoms with Gasteiger partial charge in [-0.3, -0.25) is 4.79 Å². The minimum atomic E-state index is -0.640. The standard InChI is InChI=1S/C26H34ClNO5/c1-5-32-24(30)21(13-14-29)17-23(28-25(31)33-26(2,3)4)15-18-9-11-19(12-10-18)20-7-6-8-22(27)16-20/h6-12,16,21,23,29H,5,13-15,17H2,1-4H3,(H,28,31)/t21-,23-/m1/s1. The molecule has 2 aromatic carbocycles. The van der Waals surface area contributed by atoms with Gasteiger partial charge < -0.3 is 19.9 Å². The first-order valence-electron chi connectivity index (χ1n) is 11.2. The summed E-state index contributed by atoms with van der Waals surface area (Å²) < 4.78 is 10.6. The lowest BCUT2D eigenvalue weighted by atomic mass is 9.92. The van der Waals surface area contributed by atoms with E-state index in [1.165, 1.54) is 0 Å². The molecule has 0 bridgehead atoms. The maximum atomic E-state index is 12.5. The first-order chi connectivity index (χ1) is 15.6. The van der Waals surface area contributed by atoms with E-state index in [0.717, 1.165) is 16.7 Å². The van der Waals surface area contributed by atoms with Gasteiger partial charge in [0, 0.05) is 17.7 Å². The van der Waals surface area contributed by atoms with Gasteiger partial charge in [0.2, 0.25) is 0 Å². The number of alkyl carbamates (subject to hydrolysis) is 1. The van der Waals surface area contributed by atoms with Gasteiger partial charge in [0.15, 0.2) is 0 Å². The molecule has 0 saturated heterocycles. The Labute approximate surface area is 201 Å². The number of aliphatic hydroxyl groups excluding tert-OH is 1. The van der Waals surface area contributed by atoms with Crippen LogP contribution in [0.3, 0.4) is 0 Å². The summed E-state index contributed by atoms with van der Waals surface area (Å²) in [6.45, 7) is 7.24. The highest BCUT2D eigenvalue weighted by Gasteiger charge is 2.27. The Bertz CT molecular complexity index is 908. The lowest BCUT2D eigenvalue weighted by Crippen LogP contribution is -2.42. The zero-order valence-corrected chi connectivity index (χ0v) is 20.5. The number of benzene rings is 2. The molecule has 180 valence electrons. The van der Waals surface area contributed by atoms with Gasteiger partial charge in [-0.25, -0.2) is 4.79 Å². The fraction of sp³-hybridized carbons (Fsp3) is 0.462. The number of aliphatic hydroxyl groups is 1. The summed E-state index contributed by atoms with van der Waals surface area (Å²) >= 11 is 6.10. The number of amides is 1. The zero-order chi connectivity index (χ0) is 24.4.